The molecule has 1 fully saturated rings. The molecule has 32 heavy (non-hydrogen) atoms. The number of nitrogens with zero attached hydrogens (tertiary/aromatic N) is 2. The Morgan fingerprint density at radius 3 is 2.56 bits per heavy atom. The minimum Gasteiger partial charge on any atom is -0.507 e. The van der Waals surface area contributed by atoms with Gasteiger partial charge >= 0.3 is 0 Å². The SMILES string of the molecule is CCOc1ccc(Cl)c(/C(O)=C2\C(=O)C(=O)N(c3ccccc3C)C2c2ccccn2)c1. The lowest BCUT2D eigenvalue weighted by atomic mass is 9.97. The number of carbonyl (C=O) groups is 2. The summed E-state index contributed by atoms with van der Waals surface area (Å²) in [7, 11) is 0. The zero-order chi connectivity index (χ0) is 22.8. The van der Waals surface area contributed by atoms with Crippen LogP contribution in [0.15, 0.2) is 72.4 Å². The molecule has 1 N–H and O–H groups in total. The molecule has 4 rings (SSSR count). The molecule has 3 aromatic rings. The number of para-hydroxylation sites is 1. The number of aryl methyl sites for hydroxylation is 1. The van der Waals surface area contributed by atoms with Crippen LogP contribution in [0.25, 0.3) is 5.76 Å². The fourth-order valence-corrected chi connectivity index (χ4v) is 4.03. The molecule has 6 nitrogen and oxygen atoms in total. The number of amides is 1. The maximum atomic E-state index is 13.2. The lowest BCUT2D eigenvalue weighted by Crippen LogP contribution is -2.30. The van der Waals surface area contributed by atoms with Gasteiger partial charge in [0.2, 0.25) is 0 Å². The molecule has 7 heteroatoms. The number of benzene rings is 2. The number of Topliss-reactive ketones (excluding diaryl/α,β-unsaturated/α-hetero) is 1. The number of aromatic nitrogens is 1. The van der Waals surface area contributed by atoms with Crippen molar-refractivity contribution in [3.63, 3.8) is 0 Å². The normalized spacial score (nSPS) is 17.6. The van der Waals surface area contributed by atoms with E-state index in [-0.39, 0.29) is 21.9 Å². The first-order valence-electron chi connectivity index (χ1n) is 10.1. The standard InChI is InChI=1S/C25H21ClN2O4/c1-3-32-16-11-12-18(26)17(14-16)23(29)21-22(19-9-6-7-13-27-19)28(25(31)24(21)30)20-10-5-4-8-15(20)2/h4-14,22,29H,3H2,1-2H3/b23-21+. The van der Waals surface area contributed by atoms with E-state index in [0.717, 1.165) is 5.56 Å². The number of ether oxygens (including phenoxy) is 1. The van der Waals surface area contributed by atoms with Crippen LogP contribution in [0.1, 0.15) is 29.8 Å². The third-order valence-corrected chi connectivity index (χ3v) is 5.62. The van der Waals surface area contributed by atoms with Crippen molar-refractivity contribution in [2.45, 2.75) is 19.9 Å². The van der Waals surface area contributed by atoms with E-state index in [1.807, 2.05) is 26.0 Å². The highest BCUT2D eigenvalue weighted by atomic mass is 35.5. The highest BCUT2D eigenvalue weighted by molar-refractivity contribution is 6.52. The summed E-state index contributed by atoms with van der Waals surface area (Å²) in [6.07, 6.45) is 1.58. The number of hydrogen-bond donors (Lipinski definition) is 1. The van der Waals surface area contributed by atoms with Gasteiger partial charge in [0, 0.05) is 17.4 Å². The Bertz CT molecular complexity index is 1220. The van der Waals surface area contributed by atoms with Gasteiger partial charge < -0.3 is 9.84 Å². The van der Waals surface area contributed by atoms with Crippen LogP contribution in [0.2, 0.25) is 5.02 Å². The predicted molar refractivity (Wildman–Crippen MR) is 123 cm³/mol. The summed E-state index contributed by atoms with van der Waals surface area (Å²) < 4.78 is 5.51. The Morgan fingerprint density at radius 1 is 1.12 bits per heavy atom. The average Bonchev–Trinajstić information content (AvgIpc) is 3.06. The zero-order valence-corrected chi connectivity index (χ0v) is 18.3. The second-order valence-electron chi connectivity index (χ2n) is 7.28. The summed E-state index contributed by atoms with van der Waals surface area (Å²) in [5.41, 5.74) is 1.97. The van der Waals surface area contributed by atoms with Crippen molar-refractivity contribution in [1.29, 1.82) is 0 Å². The number of pyridine rings is 1. The van der Waals surface area contributed by atoms with E-state index in [2.05, 4.69) is 4.98 Å². The van der Waals surface area contributed by atoms with Gasteiger partial charge in [0.05, 0.1) is 22.9 Å². The number of carbonyl (C=O) groups excluding carboxylic acids is 2. The largest absolute Gasteiger partial charge is 0.507 e. The number of hydrogen-bond acceptors (Lipinski definition) is 5. The van der Waals surface area contributed by atoms with E-state index in [4.69, 9.17) is 16.3 Å². The number of aliphatic hydroxyl groups is 1. The highest BCUT2D eigenvalue weighted by Crippen LogP contribution is 2.43. The summed E-state index contributed by atoms with van der Waals surface area (Å²) in [4.78, 5) is 32.2. The lowest BCUT2D eigenvalue weighted by Gasteiger charge is -2.26. The Kier molecular flexibility index (Phi) is 5.97. The minimum atomic E-state index is -0.913. The monoisotopic (exact) mass is 448 g/mol. The van der Waals surface area contributed by atoms with Crippen molar-refractivity contribution in [1.82, 2.24) is 4.98 Å². The van der Waals surface area contributed by atoms with Crippen LogP contribution in [0, 0.1) is 6.92 Å². The van der Waals surface area contributed by atoms with Gasteiger partial charge in [0.1, 0.15) is 17.6 Å². The van der Waals surface area contributed by atoms with E-state index >= 15 is 0 Å². The summed E-state index contributed by atoms with van der Waals surface area (Å²) >= 11 is 6.35. The molecule has 1 aliphatic heterocycles. The van der Waals surface area contributed by atoms with Crippen LogP contribution >= 0.6 is 11.6 Å². The molecule has 0 spiro atoms. The molecule has 0 aliphatic carbocycles. The Labute approximate surface area is 190 Å². The van der Waals surface area contributed by atoms with Crippen LogP contribution in [0.3, 0.4) is 0 Å². The van der Waals surface area contributed by atoms with Crippen molar-refractivity contribution >= 4 is 34.7 Å². The zero-order valence-electron chi connectivity index (χ0n) is 17.6. The Hall–Kier alpha value is -3.64. The second-order valence-corrected chi connectivity index (χ2v) is 7.69. The Morgan fingerprint density at radius 2 is 1.88 bits per heavy atom. The quantitative estimate of drug-likeness (QED) is 0.335. The van der Waals surface area contributed by atoms with Crippen LogP contribution in [-0.4, -0.2) is 28.4 Å². The van der Waals surface area contributed by atoms with Crippen LogP contribution in [0.5, 0.6) is 5.75 Å². The van der Waals surface area contributed by atoms with Gasteiger partial charge in [-0.25, -0.2) is 0 Å². The fourth-order valence-electron chi connectivity index (χ4n) is 3.82. The molecule has 1 amide bonds. The van der Waals surface area contributed by atoms with Crippen molar-refractivity contribution in [3.05, 3.63) is 94.3 Å². The maximum absolute atomic E-state index is 13.2. The summed E-state index contributed by atoms with van der Waals surface area (Å²) in [5, 5.41) is 11.5. The summed E-state index contributed by atoms with van der Waals surface area (Å²) in [6, 6.07) is 16.4. The van der Waals surface area contributed by atoms with Gasteiger partial charge in [-0.15, -0.1) is 0 Å². The molecule has 162 valence electrons. The van der Waals surface area contributed by atoms with Crippen molar-refractivity contribution in [2.75, 3.05) is 11.5 Å². The Balaban J connectivity index is 1.96. The highest BCUT2D eigenvalue weighted by Gasteiger charge is 2.48. The first-order valence-corrected chi connectivity index (χ1v) is 10.5. The molecule has 1 aromatic heterocycles. The van der Waals surface area contributed by atoms with E-state index in [1.165, 1.54) is 4.90 Å². The topological polar surface area (TPSA) is 79.7 Å². The van der Waals surface area contributed by atoms with Crippen LogP contribution in [-0.2, 0) is 9.59 Å². The molecule has 1 aliphatic rings. The molecule has 1 saturated heterocycles. The summed E-state index contributed by atoms with van der Waals surface area (Å²) in [6.45, 7) is 4.11. The number of anilines is 1. The number of rotatable bonds is 5. The average molecular weight is 449 g/mol. The molecule has 0 bridgehead atoms. The first-order chi connectivity index (χ1) is 15.4. The molecule has 2 heterocycles. The van der Waals surface area contributed by atoms with E-state index in [1.54, 1.807) is 54.7 Å². The van der Waals surface area contributed by atoms with Gasteiger partial charge in [-0.2, -0.15) is 0 Å². The van der Waals surface area contributed by atoms with Gasteiger partial charge in [-0.3, -0.25) is 19.5 Å². The fraction of sp³-hybridized carbons (Fsp3) is 0.160. The third kappa shape index (κ3) is 3.74. The molecular weight excluding hydrogens is 428 g/mol. The van der Waals surface area contributed by atoms with Crippen LogP contribution < -0.4 is 9.64 Å². The number of halogens is 1. The van der Waals surface area contributed by atoms with E-state index in [9.17, 15) is 14.7 Å². The molecular formula is C25H21ClN2O4. The molecule has 2 aromatic carbocycles. The predicted octanol–water partition coefficient (Wildman–Crippen LogP) is 5.07. The number of aliphatic hydroxyl groups excluding tert-OH is 1. The minimum absolute atomic E-state index is 0.0764. The van der Waals surface area contributed by atoms with Crippen molar-refractivity contribution in [3.8, 4) is 5.75 Å². The third-order valence-electron chi connectivity index (χ3n) is 5.29. The maximum Gasteiger partial charge on any atom is 0.300 e. The van der Waals surface area contributed by atoms with Crippen LogP contribution in [0.4, 0.5) is 5.69 Å². The molecule has 1 unspecified atom stereocenters. The van der Waals surface area contributed by atoms with Crippen molar-refractivity contribution in [2.24, 2.45) is 0 Å². The van der Waals surface area contributed by atoms with E-state index in [0.29, 0.717) is 23.7 Å². The van der Waals surface area contributed by atoms with Crippen molar-refractivity contribution < 1.29 is 19.4 Å². The van der Waals surface area contributed by atoms with Gasteiger partial charge in [-0.1, -0.05) is 35.9 Å². The smallest absolute Gasteiger partial charge is 0.300 e. The van der Waals surface area contributed by atoms with Gasteiger partial charge in [0.15, 0.2) is 0 Å². The number of ketones is 1. The second kappa shape index (κ2) is 8.85. The van der Waals surface area contributed by atoms with Gasteiger partial charge in [0.25, 0.3) is 11.7 Å². The first kappa shape index (κ1) is 21.6. The lowest BCUT2D eigenvalue weighted by molar-refractivity contribution is -0.132. The van der Waals surface area contributed by atoms with Gasteiger partial charge in [-0.05, 0) is 55.8 Å². The molecule has 0 radical (unpaired) electrons. The summed E-state index contributed by atoms with van der Waals surface area (Å²) in [5.74, 6) is -1.43. The van der Waals surface area contributed by atoms with E-state index < -0.39 is 17.7 Å². The molecule has 1 atom stereocenters. The molecule has 0 saturated carbocycles.